The average Bonchev–Trinajstić information content (AvgIpc) is 2.81. The largest absolute Gasteiger partial charge is 0.351 e. The van der Waals surface area contributed by atoms with Crippen molar-refractivity contribution in [2.24, 2.45) is 0 Å². The number of rotatable bonds is 3. The van der Waals surface area contributed by atoms with Crippen molar-refractivity contribution in [3.63, 3.8) is 0 Å². The van der Waals surface area contributed by atoms with Crippen LogP contribution in [0.4, 0.5) is 11.5 Å². The highest BCUT2D eigenvalue weighted by Gasteiger charge is 2.20. The lowest BCUT2D eigenvalue weighted by Gasteiger charge is -2.03. The summed E-state index contributed by atoms with van der Waals surface area (Å²) in [6.07, 6.45) is 1.29. The molecule has 0 aromatic carbocycles. The van der Waals surface area contributed by atoms with Gasteiger partial charge in [0.15, 0.2) is 0 Å². The van der Waals surface area contributed by atoms with Gasteiger partial charge < -0.3 is 4.52 Å². The Balaban J connectivity index is 2.31. The van der Waals surface area contributed by atoms with Crippen molar-refractivity contribution in [3.8, 4) is 0 Å². The summed E-state index contributed by atoms with van der Waals surface area (Å²) >= 11 is 3.06. The molecule has 0 fully saturated rings. The third-order valence-corrected chi connectivity index (χ3v) is 2.37. The molecule has 8 nitrogen and oxygen atoms in total. The maximum Gasteiger partial charge on any atom is 0.311 e. The van der Waals surface area contributed by atoms with Gasteiger partial charge in [0.1, 0.15) is 4.60 Å². The highest BCUT2D eigenvalue weighted by atomic mass is 79.9. The standard InChI is InChI=1S/C9H5BrN4O4/c10-7-2-1-5(14(16)17)8(12-7)13-9(15)6-3-4-11-18-6/h1-4H,(H,12,13,15). The Kier molecular flexibility index (Phi) is 3.33. The van der Waals surface area contributed by atoms with E-state index in [1.54, 1.807) is 0 Å². The molecule has 0 unspecified atom stereocenters. The van der Waals surface area contributed by atoms with Crippen molar-refractivity contribution in [3.05, 3.63) is 44.9 Å². The summed E-state index contributed by atoms with van der Waals surface area (Å²) in [5.41, 5.74) is -0.314. The topological polar surface area (TPSA) is 111 Å². The molecule has 0 saturated carbocycles. The highest BCUT2D eigenvalue weighted by molar-refractivity contribution is 9.10. The molecule has 0 aliphatic carbocycles. The Hall–Kier alpha value is -2.29. The van der Waals surface area contributed by atoms with Gasteiger partial charge in [-0.1, -0.05) is 5.16 Å². The number of nitro groups is 1. The van der Waals surface area contributed by atoms with Crippen LogP contribution in [0.25, 0.3) is 0 Å². The minimum atomic E-state index is -0.666. The molecule has 18 heavy (non-hydrogen) atoms. The molecule has 2 aromatic heterocycles. The number of aromatic nitrogens is 2. The fraction of sp³-hybridized carbons (Fsp3) is 0. The van der Waals surface area contributed by atoms with Crippen LogP contribution in [-0.4, -0.2) is 21.0 Å². The first-order chi connectivity index (χ1) is 8.58. The van der Waals surface area contributed by atoms with E-state index in [4.69, 9.17) is 0 Å². The number of pyridine rings is 1. The predicted octanol–water partition coefficient (Wildman–Crippen LogP) is 1.99. The van der Waals surface area contributed by atoms with Gasteiger partial charge in [-0.05, 0) is 22.0 Å². The number of hydrogen-bond acceptors (Lipinski definition) is 6. The number of nitrogens with zero attached hydrogens (tertiary/aromatic N) is 3. The van der Waals surface area contributed by atoms with Crippen LogP contribution < -0.4 is 5.32 Å². The minimum Gasteiger partial charge on any atom is -0.351 e. The van der Waals surface area contributed by atoms with Gasteiger partial charge >= 0.3 is 5.69 Å². The molecule has 2 rings (SSSR count). The highest BCUT2D eigenvalue weighted by Crippen LogP contribution is 2.24. The second-order valence-electron chi connectivity index (χ2n) is 3.09. The van der Waals surface area contributed by atoms with E-state index in [9.17, 15) is 14.9 Å². The van der Waals surface area contributed by atoms with Crippen LogP contribution in [-0.2, 0) is 0 Å². The first kappa shape index (κ1) is 12.2. The van der Waals surface area contributed by atoms with Gasteiger partial charge in [-0.25, -0.2) is 4.98 Å². The number of carbonyl (C=O) groups is 1. The SMILES string of the molecule is O=C(Nc1nc(Br)ccc1[N+](=O)[O-])c1ccno1. The Morgan fingerprint density at radius 3 is 2.83 bits per heavy atom. The van der Waals surface area contributed by atoms with Gasteiger partial charge in [0, 0.05) is 12.1 Å². The van der Waals surface area contributed by atoms with Crippen molar-refractivity contribution in [2.75, 3.05) is 5.32 Å². The Bertz CT molecular complexity index is 599. The molecule has 2 heterocycles. The summed E-state index contributed by atoms with van der Waals surface area (Å²) in [4.78, 5) is 25.6. The zero-order valence-electron chi connectivity index (χ0n) is 8.66. The third kappa shape index (κ3) is 2.51. The summed E-state index contributed by atoms with van der Waals surface area (Å²) in [7, 11) is 0. The van der Waals surface area contributed by atoms with Crippen LogP contribution in [0, 0.1) is 10.1 Å². The number of anilines is 1. The first-order valence-corrected chi connectivity index (χ1v) is 5.40. The second-order valence-corrected chi connectivity index (χ2v) is 3.90. The Labute approximate surface area is 108 Å². The third-order valence-electron chi connectivity index (χ3n) is 1.93. The van der Waals surface area contributed by atoms with Crippen molar-refractivity contribution in [1.82, 2.24) is 10.1 Å². The van der Waals surface area contributed by atoms with E-state index in [0.717, 1.165) is 0 Å². The van der Waals surface area contributed by atoms with Crippen LogP contribution in [0.5, 0.6) is 0 Å². The maximum atomic E-state index is 11.6. The number of amides is 1. The summed E-state index contributed by atoms with van der Waals surface area (Å²) < 4.78 is 4.99. The predicted molar refractivity (Wildman–Crippen MR) is 63.0 cm³/mol. The zero-order chi connectivity index (χ0) is 13.1. The molecular weight excluding hydrogens is 308 g/mol. The lowest BCUT2D eigenvalue weighted by atomic mass is 10.3. The van der Waals surface area contributed by atoms with E-state index in [-0.39, 0.29) is 17.3 Å². The Morgan fingerprint density at radius 1 is 1.44 bits per heavy atom. The van der Waals surface area contributed by atoms with Crippen LogP contribution >= 0.6 is 15.9 Å². The van der Waals surface area contributed by atoms with Gasteiger partial charge in [0.2, 0.25) is 11.6 Å². The van der Waals surface area contributed by atoms with Gasteiger partial charge in [0.25, 0.3) is 5.91 Å². The first-order valence-electron chi connectivity index (χ1n) is 4.61. The molecule has 9 heteroatoms. The quantitative estimate of drug-likeness (QED) is 0.527. The lowest BCUT2D eigenvalue weighted by molar-refractivity contribution is -0.384. The van der Waals surface area contributed by atoms with E-state index in [1.165, 1.54) is 24.4 Å². The van der Waals surface area contributed by atoms with Gasteiger partial charge in [-0.2, -0.15) is 0 Å². The fourth-order valence-corrected chi connectivity index (χ4v) is 1.48. The molecule has 1 amide bonds. The van der Waals surface area contributed by atoms with Crippen molar-refractivity contribution >= 4 is 33.3 Å². The molecule has 2 aromatic rings. The molecule has 92 valence electrons. The smallest absolute Gasteiger partial charge is 0.311 e. The zero-order valence-corrected chi connectivity index (χ0v) is 10.2. The van der Waals surface area contributed by atoms with E-state index in [2.05, 4.69) is 35.9 Å². The van der Waals surface area contributed by atoms with Gasteiger partial charge in [-0.3, -0.25) is 20.2 Å². The normalized spacial score (nSPS) is 10.1. The average molecular weight is 313 g/mol. The lowest BCUT2D eigenvalue weighted by Crippen LogP contribution is -2.13. The second kappa shape index (κ2) is 4.92. The molecule has 0 saturated heterocycles. The number of hydrogen-bond donors (Lipinski definition) is 1. The van der Waals surface area contributed by atoms with E-state index in [1.807, 2.05) is 0 Å². The molecule has 0 aliphatic rings. The van der Waals surface area contributed by atoms with E-state index < -0.39 is 10.8 Å². The fourth-order valence-electron chi connectivity index (χ4n) is 1.17. The summed E-state index contributed by atoms with van der Waals surface area (Å²) in [6, 6.07) is 3.97. The van der Waals surface area contributed by atoms with Crippen LogP contribution in [0.3, 0.4) is 0 Å². The molecular formula is C9H5BrN4O4. The van der Waals surface area contributed by atoms with Gasteiger partial charge in [-0.15, -0.1) is 0 Å². The maximum absolute atomic E-state index is 11.6. The molecule has 0 radical (unpaired) electrons. The summed E-state index contributed by atoms with van der Waals surface area (Å²) in [6.45, 7) is 0. The summed E-state index contributed by atoms with van der Waals surface area (Å²) in [5, 5.41) is 16.4. The van der Waals surface area contributed by atoms with E-state index in [0.29, 0.717) is 4.60 Å². The van der Waals surface area contributed by atoms with Crippen LogP contribution in [0.1, 0.15) is 10.6 Å². The van der Waals surface area contributed by atoms with Crippen molar-refractivity contribution in [1.29, 1.82) is 0 Å². The number of nitrogens with one attached hydrogen (secondary N) is 1. The van der Waals surface area contributed by atoms with Crippen molar-refractivity contribution in [2.45, 2.75) is 0 Å². The Morgan fingerprint density at radius 2 is 2.22 bits per heavy atom. The molecule has 1 N–H and O–H groups in total. The molecule has 0 spiro atoms. The van der Waals surface area contributed by atoms with Crippen LogP contribution in [0.2, 0.25) is 0 Å². The van der Waals surface area contributed by atoms with Gasteiger partial charge in [0.05, 0.1) is 11.1 Å². The van der Waals surface area contributed by atoms with Crippen LogP contribution in [0.15, 0.2) is 33.5 Å². The minimum absolute atomic E-state index is 0.0638. The molecule has 0 atom stereocenters. The summed E-state index contributed by atoms with van der Waals surface area (Å²) in [5.74, 6) is -0.900. The molecule has 0 bridgehead atoms. The molecule has 0 aliphatic heterocycles. The van der Waals surface area contributed by atoms with E-state index >= 15 is 0 Å². The number of halogens is 1. The van der Waals surface area contributed by atoms with Crippen molar-refractivity contribution < 1.29 is 14.2 Å². The monoisotopic (exact) mass is 312 g/mol. The number of carbonyl (C=O) groups excluding carboxylic acids is 1.